The molecule has 0 unspecified atom stereocenters. The summed E-state index contributed by atoms with van der Waals surface area (Å²) in [7, 11) is 15.6. The first-order valence-electron chi connectivity index (χ1n) is 3.85. The number of aliphatic hydroxyl groups excluding tert-OH is 3. The van der Waals surface area contributed by atoms with Gasteiger partial charge in [0.25, 0.3) is 0 Å². The summed E-state index contributed by atoms with van der Waals surface area (Å²) in [5.74, 6) is 0. The summed E-state index contributed by atoms with van der Waals surface area (Å²) < 4.78 is 0.844. The minimum atomic E-state index is -0.125. The second-order valence-electron chi connectivity index (χ2n) is 3.23. The summed E-state index contributed by atoms with van der Waals surface area (Å²) in [6, 6.07) is 0. The third kappa shape index (κ3) is 52.4. The van der Waals surface area contributed by atoms with E-state index in [4.69, 9.17) is 35.7 Å². The predicted molar refractivity (Wildman–Crippen MR) is 55.9 cm³/mol. The van der Waals surface area contributed by atoms with Crippen LogP contribution in [0.4, 0.5) is 0 Å². The number of rotatable bonds is 3. The van der Waals surface area contributed by atoms with Crippen LogP contribution in [0, 0.1) is 0 Å². The molecule has 0 atom stereocenters. The van der Waals surface area contributed by atoms with Gasteiger partial charge in [0, 0.05) is 0 Å². The van der Waals surface area contributed by atoms with Crippen molar-refractivity contribution in [2.45, 2.75) is 0 Å². The van der Waals surface area contributed by atoms with Crippen molar-refractivity contribution in [3.63, 3.8) is 0 Å². The van der Waals surface area contributed by atoms with Gasteiger partial charge in [-0.3, -0.25) is 0 Å². The third-order valence-corrected chi connectivity index (χ3v) is 0.871. The molecule has 4 nitrogen and oxygen atoms in total. The molecule has 0 aromatic rings. The van der Waals surface area contributed by atoms with Crippen molar-refractivity contribution in [2.24, 2.45) is 0 Å². The van der Waals surface area contributed by atoms with E-state index in [1.54, 1.807) is 0 Å². The van der Waals surface area contributed by atoms with Gasteiger partial charge in [-0.15, -0.1) is 0 Å². The fourth-order valence-electron chi connectivity index (χ4n) is 0.300. The quantitative estimate of drug-likeness (QED) is 0.509. The maximum atomic E-state index is 8.39. The van der Waals surface area contributed by atoms with E-state index in [0.29, 0.717) is 12.7 Å². The van der Waals surface area contributed by atoms with E-state index in [2.05, 4.69) is 21.1 Å². The summed E-state index contributed by atoms with van der Waals surface area (Å²) in [4.78, 5) is 0. The van der Waals surface area contributed by atoms with Gasteiger partial charge in [-0.25, -0.2) is 0 Å². The molecule has 0 rings (SSSR count). The zero-order valence-corrected chi connectivity index (χ0v) is 11.2. The van der Waals surface area contributed by atoms with Crippen molar-refractivity contribution in [2.75, 3.05) is 47.5 Å². The Morgan fingerprint density at radius 3 is 1.21 bits per heavy atom. The van der Waals surface area contributed by atoms with Gasteiger partial charge in [0.2, 0.25) is 0 Å². The van der Waals surface area contributed by atoms with Crippen molar-refractivity contribution < 1.29 is 32.5 Å². The molecular formula is C7H20Cl2NNiO3+. The predicted octanol–water partition coefficient (Wildman–Crippen LogP) is 0.0324. The fraction of sp³-hybridized carbons (Fsp3) is 1.00. The van der Waals surface area contributed by atoms with Crippen LogP contribution in [0.5, 0.6) is 0 Å². The monoisotopic (exact) mass is 294 g/mol. The third-order valence-electron chi connectivity index (χ3n) is 0.871. The molecule has 0 fully saturated rings. The number of hydrogen-bond acceptors (Lipinski definition) is 3. The van der Waals surface area contributed by atoms with Crippen molar-refractivity contribution in [1.29, 1.82) is 0 Å². The zero-order valence-electron chi connectivity index (χ0n) is 8.69. The molecule has 0 spiro atoms. The van der Waals surface area contributed by atoms with E-state index in [-0.39, 0.29) is 19.8 Å². The molecule has 0 saturated carbocycles. The summed E-state index contributed by atoms with van der Waals surface area (Å²) in [5.41, 5.74) is 0. The van der Waals surface area contributed by atoms with E-state index in [0.717, 1.165) is 11.0 Å². The molecule has 0 aromatic carbocycles. The minimum absolute atomic E-state index is 0.125. The van der Waals surface area contributed by atoms with Crippen LogP contribution in [0.15, 0.2) is 0 Å². The average Bonchev–Trinajstić information content (AvgIpc) is 2.04. The second-order valence-corrected chi connectivity index (χ2v) is 4.86. The van der Waals surface area contributed by atoms with E-state index >= 15 is 0 Å². The Kier molecular flexibility index (Phi) is 23.8. The Bertz CT molecular complexity index is 91.5. The van der Waals surface area contributed by atoms with Crippen molar-refractivity contribution in [3.8, 4) is 0 Å². The average molecular weight is 296 g/mol. The van der Waals surface area contributed by atoms with Crippen molar-refractivity contribution in [1.82, 2.24) is 0 Å². The Labute approximate surface area is 100 Å². The summed E-state index contributed by atoms with van der Waals surface area (Å²) in [6.45, 7) is 0.865. The number of hydrogen-bond donors (Lipinski definition) is 3. The summed E-state index contributed by atoms with van der Waals surface area (Å²) >= 11 is 0.569. The van der Waals surface area contributed by atoms with Gasteiger partial charge in [-0.1, -0.05) is 0 Å². The van der Waals surface area contributed by atoms with E-state index in [1.165, 1.54) is 0 Å². The van der Waals surface area contributed by atoms with E-state index in [1.807, 2.05) is 0 Å². The molecule has 0 amide bonds. The standard InChI is InChI=1S/C5H14NO.C2H6O2.2ClH.Ni/c1-6(2,3)4-5-7;3-1-2-4;;;/h7H,4-5H2,1-3H3;3-4H,1-2H2;2*1H;/q+1;;;;+2/p-2. The van der Waals surface area contributed by atoms with Crippen LogP contribution in [0.1, 0.15) is 0 Å². The number of nitrogens with zero attached hydrogens (tertiary/aromatic N) is 1. The SMILES string of the molecule is C[N+](C)(C)CCO.OCCO.[Cl][Ni][Cl]. The second kappa shape index (κ2) is 16.3. The Balaban J connectivity index is -0.000000147. The molecule has 0 bridgehead atoms. The number of likely N-dealkylation sites (N-methyl/N-ethyl adjacent to an activating group) is 1. The van der Waals surface area contributed by atoms with Gasteiger partial charge in [-0.05, 0) is 0 Å². The van der Waals surface area contributed by atoms with Crippen LogP contribution in [0.2, 0.25) is 0 Å². The van der Waals surface area contributed by atoms with Crippen LogP contribution in [0.3, 0.4) is 0 Å². The normalized spacial score (nSPS) is 9.71. The van der Waals surface area contributed by atoms with Crippen LogP contribution in [0.25, 0.3) is 0 Å². The molecule has 14 heavy (non-hydrogen) atoms. The van der Waals surface area contributed by atoms with Crippen LogP contribution < -0.4 is 0 Å². The molecular weight excluding hydrogens is 276 g/mol. The number of halogens is 2. The van der Waals surface area contributed by atoms with Crippen LogP contribution in [-0.2, 0) is 12.7 Å². The number of aliphatic hydroxyl groups is 3. The van der Waals surface area contributed by atoms with Gasteiger partial charge in [0.1, 0.15) is 6.54 Å². The van der Waals surface area contributed by atoms with E-state index in [9.17, 15) is 0 Å². The van der Waals surface area contributed by atoms with Crippen LogP contribution >= 0.6 is 20.4 Å². The molecule has 0 radical (unpaired) electrons. The van der Waals surface area contributed by atoms with E-state index < -0.39 is 0 Å². The molecule has 0 aliphatic heterocycles. The van der Waals surface area contributed by atoms with Gasteiger partial charge in [0.05, 0.1) is 41.0 Å². The topological polar surface area (TPSA) is 60.7 Å². The molecule has 7 heteroatoms. The zero-order chi connectivity index (χ0) is 12.0. The molecule has 0 aliphatic carbocycles. The molecule has 94 valence electrons. The first kappa shape index (κ1) is 20.3. The number of quaternary nitrogens is 1. The Morgan fingerprint density at radius 1 is 0.929 bits per heavy atom. The Morgan fingerprint density at radius 2 is 1.21 bits per heavy atom. The fourth-order valence-corrected chi connectivity index (χ4v) is 0.300. The van der Waals surface area contributed by atoms with Gasteiger partial charge >= 0.3 is 33.0 Å². The molecule has 0 saturated heterocycles. The van der Waals surface area contributed by atoms with Crippen molar-refractivity contribution >= 4 is 20.4 Å². The first-order valence-corrected chi connectivity index (χ1v) is 6.56. The van der Waals surface area contributed by atoms with Crippen molar-refractivity contribution in [3.05, 3.63) is 0 Å². The Hall–Kier alpha value is 0.914. The summed E-state index contributed by atoms with van der Waals surface area (Å²) in [5, 5.41) is 23.6. The maximum absolute atomic E-state index is 8.39. The molecule has 0 heterocycles. The van der Waals surface area contributed by atoms with Gasteiger partial charge in [-0.2, -0.15) is 0 Å². The molecule has 0 aromatic heterocycles. The first-order chi connectivity index (χ1) is 6.39. The summed E-state index contributed by atoms with van der Waals surface area (Å²) in [6.07, 6.45) is 0. The van der Waals surface area contributed by atoms with Gasteiger partial charge < -0.3 is 19.8 Å². The molecule has 0 aliphatic rings. The van der Waals surface area contributed by atoms with Gasteiger partial charge in [0.15, 0.2) is 0 Å². The van der Waals surface area contributed by atoms with Crippen LogP contribution in [-0.4, -0.2) is 67.3 Å². The molecule has 3 N–H and O–H groups in total.